The lowest BCUT2D eigenvalue weighted by Crippen LogP contribution is -2.04. The van der Waals surface area contributed by atoms with Crippen LogP contribution in [0, 0.1) is 12.7 Å². The van der Waals surface area contributed by atoms with Gasteiger partial charge in [-0.1, -0.05) is 44.2 Å². The van der Waals surface area contributed by atoms with Crippen LogP contribution < -0.4 is 0 Å². The zero-order valence-electron chi connectivity index (χ0n) is 12.2. The van der Waals surface area contributed by atoms with E-state index in [0.717, 1.165) is 16.7 Å². The second kappa shape index (κ2) is 6.19. The maximum absolute atomic E-state index is 13.3. The van der Waals surface area contributed by atoms with Crippen molar-refractivity contribution in [2.45, 2.75) is 39.2 Å². The molecule has 106 valence electrons. The van der Waals surface area contributed by atoms with Crippen LogP contribution in [0.3, 0.4) is 0 Å². The summed E-state index contributed by atoms with van der Waals surface area (Å²) in [5.74, 6) is 0.222. The fraction of sp³-hybridized carbons (Fsp3) is 0.333. The van der Waals surface area contributed by atoms with Gasteiger partial charge in [-0.3, -0.25) is 0 Å². The van der Waals surface area contributed by atoms with Gasteiger partial charge in [-0.25, -0.2) is 4.39 Å². The van der Waals surface area contributed by atoms with Crippen LogP contribution in [-0.4, -0.2) is 5.11 Å². The van der Waals surface area contributed by atoms with E-state index in [1.54, 1.807) is 6.07 Å². The molecule has 1 nitrogen and oxygen atoms in total. The van der Waals surface area contributed by atoms with E-state index in [2.05, 4.69) is 13.8 Å². The maximum Gasteiger partial charge on any atom is 0.123 e. The summed E-state index contributed by atoms with van der Waals surface area (Å²) in [5, 5.41) is 10.3. The molecule has 0 spiro atoms. The molecular formula is C18H21FO. The highest BCUT2D eigenvalue weighted by Crippen LogP contribution is 2.23. The molecule has 2 rings (SSSR count). The van der Waals surface area contributed by atoms with Crippen molar-refractivity contribution in [1.29, 1.82) is 0 Å². The van der Waals surface area contributed by atoms with E-state index in [1.807, 2.05) is 31.2 Å². The van der Waals surface area contributed by atoms with Crippen molar-refractivity contribution in [1.82, 2.24) is 0 Å². The fourth-order valence-corrected chi connectivity index (χ4v) is 2.29. The molecule has 20 heavy (non-hydrogen) atoms. The van der Waals surface area contributed by atoms with Crippen LogP contribution in [-0.2, 0) is 6.42 Å². The minimum Gasteiger partial charge on any atom is -0.388 e. The Balaban J connectivity index is 2.15. The summed E-state index contributed by atoms with van der Waals surface area (Å²) in [5.41, 5.74) is 3.98. The first kappa shape index (κ1) is 14.7. The lowest BCUT2D eigenvalue weighted by Gasteiger charge is -2.14. The Morgan fingerprint density at radius 1 is 1.00 bits per heavy atom. The molecule has 2 heteroatoms. The molecule has 0 fully saturated rings. The number of benzene rings is 2. The molecule has 0 saturated heterocycles. The first-order valence-corrected chi connectivity index (χ1v) is 7.00. The molecule has 1 N–H and O–H groups in total. The number of hydrogen-bond donors (Lipinski definition) is 1. The smallest absolute Gasteiger partial charge is 0.123 e. The molecule has 0 amide bonds. The molecule has 0 radical (unpaired) electrons. The van der Waals surface area contributed by atoms with Gasteiger partial charge >= 0.3 is 0 Å². The Kier molecular flexibility index (Phi) is 4.56. The van der Waals surface area contributed by atoms with E-state index in [0.29, 0.717) is 12.3 Å². The molecule has 0 heterocycles. The quantitative estimate of drug-likeness (QED) is 0.866. The average Bonchev–Trinajstić information content (AvgIpc) is 2.43. The molecule has 1 unspecified atom stereocenters. The molecule has 0 aliphatic carbocycles. The zero-order chi connectivity index (χ0) is 14.7. The summed E-state index contributed by atoms with van der Waals surface area (Å²) < 4.78 is 13.3. The van der Waals surface area contributed by atoms with Gasteiger partial charge in [0.2, 0.25) is 0 Å². The van der Waals surface area contributed by atoms with Gasteiger partial charge in [-0.2, -0.15) is 0 Å². The molecular weight excluding hydrogens is 251 g/mol. The summed E-state index contributed by atoms with van der Waals surface area (Å²) in [7, 11) is 0. The molecule has 0 saturated carbocycles. The summed E-state index contributed by atoms with van der Waals surface area (Å²) in [6, 6.07) is 12.7. The summed E-state index contributed by atoms with van der Waals surface area (Å²) in [6.07, 6.45) is -0.165. The number of aliphatic hydroxyl groups is 1. The van der Waals surface area contributed by atoms with Crippen LogP contribution in [0.15, 0.2) is 42.5 Å². The van der Waals surface area contributed by atoms with E-state index < -0.39 is 6.10 Å². The average molecular weight is 272 g/mol. The Labute approximate surface area is 120 Å². The fourth-order valence-electron chi connectivity index (χ4n) is 2.29. The van der Waals surface area contributed by atoms with E-state index >= 15 is 0 Å². The van der Waals surface area contributed by atoms with Crippen LogP contribution in [0.2, 0.25) is 0 Å². The standard InChI is InChI=1S/C18H21FO/c1-12(2)14-5-7-15(8-6-14)18(20)11-16-10-17(19)9-4-13(16)3/h4-10,12,18,20H,11H2,1-3H3. The van der Waals surface area contributed by atoms with Gasteiger partial charge in [0.15, 0.2) is 0 Å². The van der Waals surface area contributed by atoms with E-state index in [-0.39, 0.29) is 5.82 Å². The van der Waals surface area contributed by atoms with E-state index in [1.165, 1.54) is 17.7 Å². The molecule has 0 aliphatic rings. The first-order chi connectivity index (χ1) is 9.47. The molecule has 2 aromatic carbocycles. The van der Waals surface area contributed by atoms with Crippen LogP contribution in [0.5, 0.6) is 0 Å². The second-order valence-electron chi connectivity index (χ2n) is 5.61. The van der Waals surface area contributed by atoms with Crippen LogP contribution in [0.1, 0.15) is 48.1 Å². The second-order valence-corrected chi connectivity index (χ2v) is 5.61. The zero-order valence-corrected chi connectivity index (χ0v) is 12.2. The summed E-state index contributed by atoms with van der Waals surface area (Å²) in [4.78, 5) is 0. The predicted molar refractivity (Wildman–Crippen MR) is 80.3 cm³/mol. The van der Waals surface area contributed by atoms with Crippen molar-refractivity contribution in [2.75, 3.05) is 0 Å². The third-order valence-corrected chi connectivity index (χ3v) is 3.71. The number of aliphatic hydroxyl groups excluding tert-OH is 1. The maximum atomic E-state index is 13.3. The van der Waals surface area contributed by atoms with Crippen molar-refractivity contribution >= 4 is 0 Å². The number of aryl methyl sites for hydroxylation is 1. The SMILES string of the molecule is Cc1ccc(F)cc1CC(O)c1ccc(C(C)C)cc1. The predicted octanol–water partition coefficient (Wildman–Crippen LogP) is 4.53. The monoisotopic (exact) mass is 272 g/mol. The van der Waals surface area contributed by atoms with Gasteiger partial charge in [0.1, 0.15) is 5.82 Å². The van der Waals surface area contributed by atoms with Gasteiger partial charge in [0, 0.05) is 6.42 Å². The summed E-state index contributed by atoms with van der Waals surface area (Å²) >= 11 is 0. The lowest BCUT2D eigenvalue weighted by molar-refractivity contribution is 0.178. The van der Waals surface area contributed by atoms with Crippen LogP contribution >= 0.6 is 0 Å². The van der Waals surface area contributed by atoms with Gasteiger partial charge in [-0.15, -0.1) is 0 Å². The van der Waals surface area contributed by atoms with Crippen molar-refractivity contribution in [2.24, 2.45) is 0 Å². The highest BCUT2D eigenvalue weighted by molar-refractivity contribution is 5.31. The molecule has 0 aliphatic heterocycles. The van der Waals surface area contributed by atoms with Crippen molar-refractivity contribution < 1.29 is 9.50 Å². The first-order valence-electron chi connectivity index (χ1n) is 7.00. The summed E-state index contributed by atoms with van der Waals surface area (Å²) in [6.45, 7) is 6.21. The topological polar surface area (TPSA) is 20.2 Å². The number of halogens is 1. The highest BCUT2D eigenvalue weighted by atomic mass is 19.1. The Hall–Kier alpha value is -1.67. The van der Waals surface area contributed by atoms with Crippen LogP contribution in [0.25, 0.3) is 0 Å². The van der Waals surface area contributed by atoms with Crippen LogP contribution in [0.4, 0.5) is 4.39 Å². The van der Waals surface area contributed by atoms with Gasteiger partial charge in [0.25, 0.3) is 0 Å². The molecule has 2 aromatic rings. The highest BCUT2D eigenvalue weighted by Gasteiger charge is 2.11. The van der Waals surface area contributed by atoms with Crippen molar-refractivity contribution in [3.8, 4) is 0 Å². The lowest BCUT2D eigenvalue weighted by atomic mass is 9.95. The molecule has 1 atom stereocenters. The van der Waals surface area contributed by atoms with E-state index in [9.17, 15) is 9.50 Å². The number of rotatable bonds is 4. The van der Waals surface area contributed by atoms with Crippen molar-refractivity contribution in [3.63, 3.8) is 0 Å². The largest absolute Gasteiger partial charge is 0.388 e. The minimum atomic E-state index is -0.600. The molecule has 0 aromatic heterocycles. The number of hydrogen-bond acceptors (Lipinski definition) is 1. The Morgan fingerprint density at radius 3 is 2.20 bits per heavy atom. The van der Waals surface area contributed by atoms with Crippen molar-refractivity contribution in [3.05, 3.63) is 70.5 Å². The van der Waals surface area contributed by atoms with Gasteiger partial charge in [0.05, 0.1) is 6.10 Å². The normalized spacial score (nSPS) is 12.7. The third-order valence-electron chi connectivity index (χ3n) is 3.71. The Bertz CT molecular complexity index is 572. The third kappa shape index (κ3) is 3.45. The minimum absolute atomic E-state index is 0.257. The Morgan fingerprint density at radius 2 is 1.60 bits per heavy atom. The van der Waals surface area contributed by atoms with Gasteiger partial charge in [-0.05, 0) is 47.2 Å². The van der Waals surface area contributed by atoms with E-state index in [4.69, 9.17) is 0 Å². The molecule has 0 bridgehead atoms. The van der Waals surface area contributed by atoms with Gasteiger partial charge < -0.3 is 5.11 Å².